The standard InChI is InChI=1S/C15H18N2O4S/c1-15(2)17(9-18)12(8-22-15)13(19)16-11-6-4-10(5-7-11)14(20)21-3/h4-7,9,12H,8H2,1-3H3,(H,16,19). The van der Waals surface area contributed by atoms with Crippen LogP contribution >= 0.6 is 11.8 Å². The molecule has 2 amide bonds. The van der Waals surface area contributed by atoms with Crippen molar-refractivity contribution in [3.8, 4) is 0 Å². The summed E-state index contributed by atoms with van der Waals surface area (Å²) >= 11 is 1.56. The van der Waals surface area contributed by atoms with E-state index < -0.39 is 16.9 Å². The normalized spacial score (nSPS) is 19.6. The smallest absolute Gasteiger partial charge is 0.337 e. The van der Waals surface area contributed by atoms with Crippen LogP contribution < -0.4 is 5.32 Å². The predicted octanol–water partition coefficient (Wildman–Crippen LogP) is 1.72. The summed E-state index contributed by atoms with van der Waals surface area (Å²) in [6, 6.07) is 5.90. The second-order valence-corrected chi connectivity index (χ2v) is 6.97. The number of benzene rings is 1. The number of rotatable bonds is 4. The molecule has 1 aromatic rings. The van der Waals surface area contributed by atoms with E-state index in [-0.39, 0.29) is 5.91 Å². The van der Waals surface area contributed by atoms with Crippen molar-refractivity contribution in [2.45, 2.75) is 24.8 Å². The lowest BCUT2D eigenvalue weighted by Gasteiger charge is -2.30. The van der Waals surface area contributed by atoms with Crippen LogP contribution in [0.25, 0.3) is 0 Å². The van der Waals surface area contributed by atoms with E-state index in [4.69, 9.17) is 0 Å². The lowest BCUT2D eigenvalue weighted by molar-refractivity contribution is -0.130. The fourth-order valence-electron chi connectivity index (χ4n) is 2.25. The SMILES string of the molecule is COC(=O)c1ccc(NC(=O)C2CSC(C)(C)N2C=O)cc1. The molecule has 1 saturated heterocycles. The van der Waals surface area contributed by atoms with Crippen LogP contribution in [0.2, 0.25) is 0 Å². The molecule has 1 heterocycles. The zero-order valence-corrected chi connectivity index (χ0v) is 13.5. The Morgan fingerprint density at radius 2 is 2.00 bits per heavy atom. The molecule has 1 atom stereocenters. The van der Waals surface area contributed by atoms with Crippen molar-refractivity contribution in [1.82, 2.24) is 4.90 Å². The zero-order chi connectivity index (χ0) is 16.3. The molecule has 1 unspecified atom stereocenters. The van der Waals surface area contributed by atoms with Gasteiger partial charge in [0, 0.05) is 11.4 Å². The van der Waals surface area contributed by atoms with Crippen LogP contribution in [-0.2, 0) is 14.3 Å². The molecule has 1 fully saturated rings. The molecule has 118 valence electrons. The summed E-state index contributed by atoms with van der Waals surface area (Å²) in [5.74, 6) is -0.118. The van der Waals surface area contributed by atoms with Crippen molar-refractivity contribution < 1.29 is 19.1 Å². The van der Waals surface area contributed by atoms with Crippen LogP contribution in [0.5, 0.6) is 0 Å². The van der Waals surface area contributed by atoms with Crippen LogP contribution in [0.4, 0.5) is 5.69 Å². The molecule has 2 rings (SSSR count). The summed E-state index contributed by atoms with van der Waals surface area (Å²) in [5.41, 5.74) is 0.978. The number of thioether (sulfide) groups is 1. The Labute approximate surface area is 133 Å². The number of anilines is 1. The highest BCUT2D eigenvalue weighted by molar-refractivity contribution is 8.00. The Morgan fingerprint density at radius 1 is 1.36 bits per heavy atom. The molecule has 1 aliphatic rings. The van der Waals surface area contributed by atoms with E-state index in [1.165, 1.54) is 12.0 Å². The summed E-state index contributed by atoms with van der Waals surface area (Å²) in [7, 11) is 1.31. The molecule has 1 N–H and O–H groups in total. The minimum Gasteiger partial charge on any atom is -0.465 e. The van der Waals surface area contributed by atoms with Gasteiger partial charge in [0.25, 0.3) is 0 Å². The Morgan fingerprint density at radius 3 is 2.55 bits per heavy atom. The summed E-state index contributed by atoms with van der Waals surface area (Å²) in [4.78, 5) is 36.0. The predicted molar refractivity (Wildman–Crippen MR) is 84.6 cm³/mol. The van der Waals surface area contributed by atoms with Gasteiger partial charge in [0.05, 0.1) is 17.5 Å². The average molecular weight is 322 g/mol. The van der Waals surface area contributed by atoms with Gasteiger partial charge in [-0.15, -0.1) is 11.8 Å². The average Bonchev–Trinajstić information content (AvgIpc) is 2.81. The van der Waals surface area contributed by atoms with Crippen LogP contribution in [0.1, 0.15) is 24.2 Å². The zero-order valence-electron chi connectivity index (χ0n) is 12.7. The Kier molecular flexibility index (Phi) is 4.75. The van der Waals surface area contributed by atoms with Gasteiger partial charge >= 0.3 is 5.97 Å². The summed E-state index contributed by atoms with van der Waals surface area (Å²) < 4.78 is 4.62. The third kappa shape index (κ3) is 3.24. The van der Waals surface area contributed by atoms with E-state index in [1.807, 2.05) is 13.8 Å². The summed E-state index contributed by atoms with van der Waals surface area (Å²) in [6.07, 6.45) is 0.713. The van der Waals surface area contributed by atoms with E-state index in [1.54, 1.807) is 36.0 Å². The number of methoxy groups -OCH3 is 1. The van der Waals surface area contributed by atoms with Gasteiger partial charge in [-0.2, -0.15) is 0 Å². The molecule has 0 saturated carbocycles. The second kappa shape index (κ2) is 6.39. The maximum absolute atomic E-state index is 12.3. The highest BCUT2D eigenvalue weighted by Crippen LogP contribution is 2.37. The number of carbonyl (C=O) groups is 3. The third-order valence-electron chi connectivity index (χ3n) is 3.54. The van der Waals surface area contributed by atoms with Gasteiger partial charge in [-0.3, -0.25) is 9.59 Å². The molecule has 0 aliphatic carbocycles. The second-order valence-electron chi connectivity index (χ2n) is 5.34. The van der Waals surface area contributed by atoms with E-state index in [0.717, 1.165) is 0 Å². The number of nitrogens with zero attached hydrogens (tertiary/aromatic N) is 1. The van der Waals surface area contributed by atoms with Crippen LogP contribution in [-0.4, -0.2) is 47.0 Å². The van der Waals surface area contributed by atoms with Crippen molar-refractivity contribution in [2.24, 2.45) is 0 Å². The highest BCUT2D eigenvalue weighted by Gasteiger charge is 2.42. The first-order valence-corrected chi connectivity index (χ1v) is 7.74. The number of esters is 1. The monoisotopic (exact) mass is 322 g/mol. The van der Waals surface area contributed by atoms with E-state index in [9.17, 15) is 14.4 Å². The minimum absolute atomic E-state index is 0.240. The topological polar surface area (TPSA) is 75.7 Å². The first-order valence-electron chi connectivity index (χ1n) is 6.76. The number of amides is 2. The van der Waals surface area contributed by atoms with Gasteiger partial charge in [0.15, 0.2) is 0 Å². The highest BCUT2D eigenvalue weighted by atomic mass is 32.2. The van der Waals surface area contributed by atoms with Crippen molar-refractivity contribution in [3.63, 3.8) is 0 Å². The van der Waals surface area contributed by atoms with E-state index in [2.05, 4.69) is 10.1 Å². The van der Waals surface area contributed by atoms with Crippen molar-refractivity contribution in [1.29, 1.82) is 0 Å². The van der Waals surface area contributed by atoms with Gasteiger partial charge in [-0.25, -0.2) is 4.79 Å². The van der Waals surface area contributed by atoms with E-state index in [0.29, 0.717) is 23.4 Å². The third-order valence-corrected chi connectivity index (χ3v) is 4.94. The number of ether oxygens (including phenoxy) is 1. The fraction of sp³-hybridized carbons (Fsp3) is 0.400. The molecule has 0 aromatic heterocycles. The number of carbonyl (C=O) groups excluding carboxylic acids is 3. The Bertz CT molecular complexity index is 586. The van der Waals surface area contributed by atoms with Crippen molar-refractivity contribution in [2.75, 3.05) is 18.2 Å². The molecule has 0 bridgehead atoms. The minimum atomic E-state index is -0.502. The molecule has 7 heteroatoms. The number of hydrogen-bond acceptors (Lipinski definition) is 5. The largest absolute Gasteiger partial charge is 0.465 e. The lowest BCUT2D eigenvalue weighted by atomic mass is 10.2. The van der Waals surface area contributed by atoms with Crippen LogP contribution in [0, 0.1) is 0 Å². The first-order chi connectivity index (χ1) is 10.4. The lowest BCUT2D eigenvalue weighted by Crippen LogP contribution is -2.47. The molecule has 0 spiro atoms. The quantitative estimate of drug-likeness (QED) is 0.675. The Balaban J connectivity index is 2.06. The van der Waals surface area contributed by atoms with Gasteiger partial charge < -0.3 is 15.0 Å². The van der Waals surface area contributed by atoms with Gasteiger partial charge in [0.2, 0.25) is 12.3 Å². The van der Waals surface area contributed by atoms with Gasteiger partial charge in [-0.1, -0.05) is 0 Å². The van der Waals surface area contributed by atoms with Crippen molar-refractivity contribution >= 4 is 35.7 Å². The van der Waals surface area contributed by atoms with Crippen LogP contribution in [0.3, 0.4) is 0 Å². The number of nitrogens with one attached hydrogen (secondary N) is 1. The number of hydrogen-bond donors (Lipinski definition) is 1. The molecule has 1 aromatic carbocycles. The maximum atomic E-state index is 12.3. The molecule has 22 heavy (non-hydrogen) atoms. The van der Waals surface area contributed by atoms with Crippen molar-refractivity contribution in [3.05, 3.63) is 29.8 Å². The van der Waals surface area contributed by atoms with Crippen LogP contribution in [0.15, 0.2) is 24.3 Å². The molecule has 6 nitrogen and oxygen atoms in total. The Hall–Kier alpha value is -2.02. The maximum Gasteiger partial charge on any atom is 0.337 e. The van der Waals surface area contributed by atoms with Gasteiger partial charge in [-0.05, 0) is 38.1 Å². The molecule has 0 radical (unpaired) electrons. The molecular formula is C15H18N2O4S. The summed E-state index contributed by atoms with van der Waals surface area (Å²) in [5, 5.41) is 2.77. The summed E-state index contributed by atoms with van der Waals surface area (Å²) in [6.45, 7) is 3.81. The first kappa shape index (κ1) is 16.4. The van der Waals surface area contributed by atoms with Gasteiger partial charge in [0.1, 0.15) is 6.04 Å². The molecule has 1 aliphatic heterocycles. The molecular weight excluding hydrogens is 304 g/mol. The fourth-order valence-corrected chi connectivity index (χ4v) is 3.45. The van der Waals surface area contributed by atoms with E-state index >= 15 is 0 Å².